The van der Waals surface area contributed by atoms with Crippen LogP contribution in [0.5, 0.6) is 0 Å². The quantitative estimate of drug-likeness (QED) is 0.206. The van der Waals surface area contributed by atoms with E-state index in [2.05, 4.69) is 20.8 Å². The SMILES string of the molecule is O=C(Nc1ccc(-c2cnn(C(C[C@H]3CCCCO3)c3ccc(-c4c(-[n+]5cnn[nH]5)ccc(Cl)c4F)cn3)c2)cc1)C1CC1. The molecule has 4 heterocycles. The van der Waals surface area contributed by atoms with E-state index in [0.29, 0.717) is 17.7 Å². The molecule has 44 heavy (non-hydrogen) atoms. The predicted octanol–water partition coefficient (Wildman–Crippen LogP) is 5.70. The number of amides is 1. The average molecular weight is 614 g/mol. The Morgan fingerprint density at radius 1 is 1.07 bits per heavy atom. The third-order valence-corrected chi connectivity index (χ3v) is 8.53. The molecule has 1 aliphatic heterocycles. The molecular weight excluding hydrogens is 583 g/mol. The number of aromatic nitrogens is 7. The summed E-state index contributed by atoms with van der Waals surface area (Å²) in [6.07, 6.45) is 12.8. The van der Waals surface area contributed by atoms with E-state index in [-0.39, 0.29) is 34.6 Å². The first-order valence-electron chi connectivity index (χ1n) is 14.8. The number of rotatable bonds is 9. The summed E-state index contributed by atoms with van der Waals surface area (Å²) in [6.45, 7) is 0.745. The van der Waals surface area contributed by atoms with Crippen LogP contribution in [0, 0.1) is 11.7 Å². The van der Waals surface area contributed by atoms with E-state index in [9.17, 15) is 4.79 Å². The zero-order chi connectivity index (χ0) is 30.0. The van der Waals surface area contributed by atoms with Crippen LogP contribution in [0.25, 0.3) is 27.9 Å². The summed E-state index contributed by atoms with van der Waals surface area (Å²) in [5.74, 6) is -0.314. The van der Waals surface area contributed by atoms with Crippen molar-refractivity contribution in [1.82, 2.24) is 30.3 Å². The normalized spacial score (nSPS) is 17.4. The summed E-state index contributed by atoms with van der Waals surface area (Å²) in [6, 6.07) is 14.6. The van der Waals surface area contributed by atoms with E-state index >= 15 is 4.39 Å². The van der Waals surface area contributed by atoms with Gasteiger partial charge in [-0.1, -0.05) is 35.0 Å². The minimum Gasteiger partial charge on any atom is -0.378 e. The zero-order valence-electron chi connectivity index (χ0n) is 23.9. The van der Waals surface area contributed by atoms with Gasteiger partial charge >= 0.3 is 0 Å². The maximum Gasteiger partial charge on any atom is 0.293 e. The van der Waals surface area contributed by atoms with Gasteiger partial charge in [-0.25, -0.2) is 4.39 Å². The molecule has 1 unspecified atom stereocenters. The fourth-order valence-corrected chi connectivity index (χ4v) is 5.82. The Morgan fingerprint density at radius 2 is 1.91 bits per heavy atom. The Kier molecular flexibility index (Phi) is 7.88. The lowest BCUT2D eigenvalue weighted by Crippen LogP contribution is -2.33. The molecule has 10 nitrogen and oxygen atoms in total. The predicted molar refractivity (Wildman–Crippen MR) is 161 cm³/mol. The lowest BCUT2D eigenvalue weighted by atomic mass is 9.98. The maximum atomic E-state index is 15.4. The molecule has 5 aromatic rings. The molecule has 2 N–H and O–H groups in total. The topological polar surface area (TPSA) is 114 Å². The van der Waals surface area contributed by atoms with Crippen LogP contribution < -0.4 is 10.00 Å². The van der Waals surface area contributed by atoms with E-state index in [1.807, 2.05) is 53.5 Å². The number of anilines is 1. The molecular formula is C32H31ClFN8O2+. The van der Waals surface area contributed by atoms with E-state index in [0.717, 1.165) is 61.2 Å². The molecule has 0 radical (unpaired) electrons. The molecule has 12 heteroatoms. The maximum absolute atomic E-state index is 15.4. The van der Waals surface area contributed by atoms with Crippen molar-refractivity contribution < 1.29 is 18.6 Å². The second-order valence-electron chi connectivity index (χ2n) is 11.3. The van der Waals surface area contributed by atoms with Crippen LogP contribution in [0.1, 0.15) is 50.3 Å². The summed E-state index contributed by atoms with van der Waals surface area (Å²) in [4.78, 5) is 17.0. The molecule has 0 spiro atoms. The fraction of sp³-hybridized carbons (Fsp3) is 0.312. The van der Waals surface area contributed by atoms with Gasteiger partial charge in [0.25, 0.3) is 6.33 Å². The number of carbonyl (C=O) groups is 1. The van der Waals surface area contributed by atoms with E-state index < -0.39 is 5.82 Å². The average Bonchev–Trinajstić information content (AvgIpc) is 3.55. The Hall–Kier alpha value is -4.48. The summed E-state index contributed by atoms with van der Waals surface area (Å²) in [7, 11) is 0. The van der Waals surface area contributed by atoms with Gasteiger partial charge in [0.2, 0.25) is 5.91 Å². The third-order valence-electron chi connectivity index (χ3n) is 8.24. The Labute approximate surface area is 258 Å². The molecule has 1 aliphatic carbocycles. The molecule has 3 aromatic heterocycles. The number of tetrazole rings is 1. The highest BCUT2D eigenvalue weighted by molar-refractivity contribution is 6.31. The lowest BCUT2D eigenvalue weighted by molar-refractivity contribution is -0.659. The van der Waals surface area contributed by atoms with Gasteiger partial charge in [0.15, 0.2) is 11.0 Å². The van der Waals surface area contributed by atoms with Gasteiger partial charge in [0, 0.05) is 48.2 Å². The van der Waals surface area contributed by atoms with Crippen LogP contribution >= 0.6 is 11.6 Å². The first-order chi connectivity index (χ1) is 21.5. The van der Waals surface area contributed by atoms with Crippen LogP contribution in [-0.4, -0.2) is 48.9 Å². The number of pyridine rings is 1. The van der Waals surface area contributed by atoms with Gasteiger partial charge in [-0.05, 0) is 68.0 Å². The first kappa shape index (κ1) is 28.3. The number of H-pyrrole nitrogens is 1. The van der Waals surface area contributed by atoms with Crippen molar-refractivity contribution >= 4 is 23.2 Å². The second kappa shape index (κ2) is 12.3. The van der Waals surface area contributed by atoms with Crippen molar-refractivity contribution in [1.29, 1.82) is 0 Å². The van der Waals surface area contributed by atoms with Crippen LogP contribution in [-0.2, 0) is 9.53 Å². The molecule has 1 amide bonds. The van der Waals surface area contributed by atoms with Crippen molar-refractivity contribution in [3.63, 3.8) is 0 Å². The fourth-order valence-electron chi connectivity index (χ4n) is 5.66. The first-order valence-corrected chi connectivity index (χ1v) is 15.2. The number of nitrogens with one attached hydrogen (secondary N) is 2. The van der Waals surface area contributed by atoms with Crippen LogP contribution in [0.15, 0.2) is 73.4 Å². The minimum absolute atomic E-state index is 0.00984. The standard InChI is InChI=1S/C32H30ClFN8O2/c33-26-11-13-28(42-19-36-39-40-42)30(31(26)34)22-8-12-27(35-16-22)29(15-25-3-1-2-14-44-25)41-18-23(17-37-41)20-6-9-24(10-7-20)38-32(43)21-4-5-21/h6-13,16-19,21,25,29H,1-5,14-15H2,(H,38,43)/p+1/t25-,29?/m1/s1. The van der Waals surface area contributed by atoms with Gasteiger partial charge in [-0.15, -0.1) is 4.68 Å². The molecule has 7 rings (SSSR count). The Balaban J connectivity index is 1.18. The third kappa shape index (κ3) is 5.97. The van der Waals surface area contributed by atoms with Gasteiger partial charge in [-0.3, -0.25) is 14.5 Å². The molecule has 1 saturated heterocycles. The van der Waals surface area contributed by atoms with E-state index in [1.54, 1.807) is 12.3 Å². The van der Waals surface area contributed by atoms with Crippen LogP contribution in [0.3, 0.4) is 0 Å². The highest BCUT2D eigenvalue weighted by atomic mass is 35.5. The van der Waals surface area contributed by atoms with Gasteiger partial charge in [0.05, 0.1) is 34.6 Å². The van der Waals surface area contributed by atoms with Crippen molar-refractivity contribution in [3.8, 4) is 27.9 Å². The number of hydrogen-bond acceptors (Lipinski definition) is 6. The largest absolute Gasteiger partial charge is 0.378 e. The minimum atomic E-state index is -0.553. The number of ether oxygens (including phenoxy) is 1. The summed E-state index contributed by atoms with van der Waals surface area (Å²) in [5, 5.41) is 18.0. The Morgan fingerprint density at radius 3 is 2.61 bits per heavy atom. The van der Waals surface area contributed by atoms with Crippen LogP contribution in [0.2, 0.25) is 5.02 Å². The number of nitrogens with zero attached hydrogens (tertiary/aromatic N) is 6. The van der Waals surface area contributed by atoms with Crippen molar-refractivity contribution in [3.05, 3.63) is 90.0 Å². The summed E-state index contributed by atoms with van der Waals surface area (Å²) in [5.41, 5.74) is 4.88. The highest BCUT2D eigenvalue weighted by Gasteiger charge is 2.29. The summed E-state index contributed by atoms with van der Waals surface area (Å²) >= 11 is 6.18. The molecule has 2 aliphatic rings. The van der Waals surface area contributed by atoms with Crippen molar-refractivity contribution in [2.45, 2.75) is 50.7 Å². The lowest BCUT2D eigenvalue weighted by Gasteiger charge is -2.27. The van der Waals surface area contributed by atoms with Gasteiger partial charge < -0.3 is 10.1 Å². The molecule has 1 saturated carbocycles. The highest BCUT2D eigenvalue weighted by Crippen LogP contribution is 2.34. The molecule has 2 aromatic carbocycles. The van der Waals surface area contributed by atoms with Gasteiger partial charge in [0.1, 0.15) is 10.8 Å². The molecule has 224 valence electrons. The monoisotopic (exact) mass is 613 g/mol. The number of aromatic amines is 1. The zero-order valence-corrected chi connectivity index (χ0v) is 24.6. The number of hydrogen-bond donors (Lipinski definition) is 2. The van der Waals surface area contributed by atoms with Crippen molar-refractivity contribution in [2.75, 3.05) is 11.9 Å². The number of carbonyl (C=O) groups excluding carboxylic acids is 1. The molecule has 2 fully saturated rings. The smallest absolute Gasteiger partial charge is 0.293 e. The van der Waals surface area contributed by atoms with Gasteiger partial charge in [-0.2, -0.15) is 5.10 Å². The van der Waals surface area contributed by atoms with E-state index in [4.69, 9.17) is 26.4 Å². The molecule has 2 atom stereocenters. The second-order valence-corrected chi connectivity index (χ2v) is 11.7. The summed E-state index contributed by atoms with van der Waals surface area (Å²) < 4.78 is 24.9. The number of benzene rings is 2. The Bertz CT molecular complexity index is 1750. The molecule has 0 bridgehead atoms. The van der Waals surface area contributed by atoms with Crippen LogP contribution in [0.4, 0.5) is 10.1 Å². The number of halogens is 2. The van der Waals surface area contributed by atoms with Crippen molar-refractivity contribution in [2.24, 2.45) is 5.92 Å². The van der Waals surface area contributed by atoms with E-state index in [1.165, 1.54) is 17.1 Å².